The lowest BCUT2D eigenvalue weighted by atomic mass is 9.55. The third kappa shape index (κ3) is 3.83. The molecular weight excluding hydrogens is 400 g/mol. The molecule has 0 aromatic heterocycles. The number of hydrogen-bond donors (Lipinski definition) is 0. The third-order valence-corrected chi connectivity index (χ3v) is 8.87. The normalized spacial score (nSPS) is 37.6. The van der Waals surface area contributed by atoms with Crippen LogP contribution in [0, 0.1) is 23.2 Å². The second kappa shape index (κ2) is 8.40. The predicted octanol–water partition coefficient (Wildman–Crippen LogP) is 4.52. The van der Waals surface area contributed by atoms with E-state index in [4.69, 9.17) is 9.47 Å². The van der Waals surface area contributed by atoms with E-state index in [2.05, 4.69) is 48.4 Å². The number of rotatable bonds is 4. The average molecular weight is 439 g/mol. The molecule has 4 fully saturated rings. The molecule has 2 aliphatic carbocycles. The number of hydrogen-bond acceptors (Lipinski definition) is 5. The van der Waals surface area contributed by atoms with Gasteiger partial charge in [-0.3, -0.25) is 9.69 Å². The van der Waals surface area contributed by atoms with Crippen molar-refractivity contribution in [3.63, 3.8) is 0 Å². The van der Waals surface area contributed by atoms with E-state index in [0.717, 1.165) is 51.2 Å². The van der Waals surface area contributed by atoms with Crippen molar-refractivity contribution >= 4 is 11.7 Å². The van der Waals surface area contributed by atoms with Crippen LogP contribution in [0.2, 0.25) is 0 Å². The summed E-state index contributed by atoms with van der Waals surface area (Å²) in [7, 11) is 1.71. The third-order valence-electron chi connectivity index (χ3n) is 8.87. The van der Waals surface area contributed by atoms with Crippen LogP contribution in [0.1, 0.15) is 46.0 Å². The van der Waals surface area contributed by atoms with Crippen LogP contribution in [0.4, 0.5) is 5.69 Å². The zero-order chi connectivity index (χ0) is 22.5. The van der Waals surface area contributed by atoms with Crippen LogP contribution in [0.3, 0.4) is 0 Å². The highest BCUT2D eigenvalue weighted by Gasteiger charge is 2.55. The summed E-state index contributed by atoms with van der Waals surface area (Å²) < 4.78 is 11.4. The van der Waals surface area contributed by atoms with Crippen LogP contribution in [0.5, 0.6) is 5.75 Å². The quantitative estimate of drug-likeness (QED) is 0.511. The molecule has 2 heterocycles. The van der Waals surface area contributed by atoms with E-state index in [-0.39, 0.29) is 23.4 Å². The zero-order valence-corrected chi connectivity index (χ0v) is 19.9. The Bertz CT molecular complexity index is 885. The minimum absolute atomic E-state index is 0.00912. The van der Waals surface area contributed by atoms with E-state index in [1.165, 1.54) is 24.1 Å². The molecule has 0 unspecified atom stereocenters. The predicted molar refractivity (Wildman–Crippen MR) is 127 cm³/mol. The first-order valence-electron chi connectivity index (χ1n) is 12.4. The number of carbonyl (C=O) groups is 1. The number of carbonyl (C=O) groups excluding carboxylic acids is 1. The molecule has 6 atom stereocenters. The van der Waals surface area contributed by atoms with Gasteiger partial charge < -0.3 is 14.4 Å². The first kappa shape index (κ1) is 21.8. The number of benzene rings is 1. The van der Waals surface area contributed by atoms with Crippen molar-refractivity contribution in [3.05, 3.63) is 36.4 Å². The number of allylic oxidation sites excluding steroid dienone is 1. The smallest absolute Gasteiger partial charge is 0.310 e. The molecule has 0 amide bonds. The molecule has 0 bridgehead atoms. The topological polar surface area (TPSA) is 42.0 Å². The van der Waals surface area contributed by atoms with Crippen molar-refractivity contribution in [1.29, 1.82) is 0 Å². The maximum absolute atomic E-state index is 12.9. The summed E-state index contributed by atoms with van der Waals surface area (Å²) in [4.78, 5) is 17.9. The number of fused-ring (bicyclic) bond motifs is 2. The van der Waals surface area contributed by atoms with Gasteiger partial charge in [0.25, 0.3) is 0 Å². The Morgan fingerprint density at radius 1 is 1.31 bits per heavy atom. The van der Waals surface area contributed by atoms with Gasteiger partial charge in [-0.15, -0.1) is 0 Å². The second-order valence-corrected chi connectivity index (χ2v) is 10.9. The molecule has 174 valence electrons. The summed E-state index contributed by atoms with van der Waals surface area (Å²) in [6.07, 6.45) is 5.83. The number of ether oxygens (including phenoxy) is 2. The molecule has 0 spiro atoms. The summed E-state index contributed by atoms with van der Waals surface area (Å²) in [6.45, 7) is 12.8. The molecule has 5 rings (SSSR count). The van der Waals surface area contributed by atoms with Gasteiger partial charge in [-0.1, -0.05) is 25.1 Å². The van der Waals surface area contributed by atoms with E-state index in [9.17, 15) is 4.79 Å². The van der Waals surface area contributed by atoms with Gasteiger partial charge in [0.15, 0.2) is 0 Å². The summed E-state index contributed by atoms with van der Waals surface area (Å²) in [5.41, 5.74) is 2.89. The number of methoxy groups -OCH3 is 1. The molecule has 0 radical (unpaired) electrons. The van der Waals surface area contributed by atoms with Crippen molar-refractivity contribution in [1.82, 2.24) is 4.90 Å². The minimum atomic E-state index is 0.00912. The maximum Gasteiger partial charge on any atom is 0.310 e. The zero-order valence-electron chi connectivity index (χ0n) is 19.9. The molecule has 1 aromatic carbocycles. The molecular formula is C27H38N2O3. The summed E-state index contributed by atoms with van der Waals surface area (Å²) in [5, 5.41) is 0. The Morgan fingerprint density at radius 3 is 2.94 bits per heavy atom. The van der Waals surface area contributed by atoms with Gasteiger partial charge in [0.05, 0.1) is 13.0 Å². The first-order valence-corrected chi connectivity index (χ1v) is 12.4. The monoisotopic (exact) mass is 438 g/mol. The average Bonchev–Trinajstić information content (AvgIpc) is 3.06. The minimum Gasteiger partial charge on any atom is -0.497 e. The largest absolute Gasteiger partial charge is 0.497 e. The lowest BCUT2D eigenvalue weighted by Gasteiger charge is -2.50. The fraction of sp³-hybridized carbons (Fsp3) is 0.667. The Hall–Kier alpha value is -2.01. The molecule has 32 heavy (non-hydrogen) atoms. The van der Waals surface area contributed by atoms with E-state index in [1.54, 1.807) is 7.11 Å². The lowest BCUT2D eigenvalue weighted by molar-refractivity contribution is -0.146. The highest BCUT2D eigenvalue weighted by atomic mass is 16.6. The molecule has 2 saturated carbocycles. The first-order chi connectivity index (χ1) is 15.4. The fourth-order valence-corrected chi connectivity index (χ4v) is 7.11. The SMILES string of the molecule is C=C1CCC[C@]2(C)C[C@H]3OC(=O)[C@@H](CN4CCN(c5cccc(OC)c5)[C@H](C)C4)[C@@H]3C[C@@H]12. The van der Waals surface area contributed by atoms with Gasteiger partial charge in [0.2, 0.25) is 0 Å². The van der Waals surface area contributed by atoms with Crippen LogP contribution >= 0.6 is 0 Å². The maximum atomic E-state index is 12.9. The standard InChI is InChI=1S/C27H38N2O3/c1-18-7-6-10-27(3)15-25-22(14-24(18)27)23(26(30)32-25)17-28-11-12-29(19(2)16-28)20-8-5-9-21(13-20)31-4/h5,8-9,13,19,22-25H,1,6-7,10-12,14-17H2,2-4H3/t19-,22+,23+,24+,25-,27-/m1/s1. The highest BCUT2D eigenvalue weighted by Crippen LogP contribution is 2.57. The number of nitrogens with zero attached hydrogens (tertiary/aromatic N) is 2. The van der Waals surface area contributed by atoms with Crippen LogP contribution in [-0.2, 0) is 9.53 Å². The Morgan fingerprint density at radius 2 is 2.16 bits per heavy atom. The van der Waals surface area contributed by atoms with Crippen molar-refractivity contribution < 1.29 is 14.3 Å². The second-order valence-electron chi connectivity index (χ2n) is 10.9. The van der Waals surface area contributed by atoms with Crippen LogP contribution in [0.15, 0.2) is 36.4 Å². The Balaban J connectivity index is 1.25. The molecule has 2 saturated heterocycles. The molecule has 4 aliphatic rings. The van der Waals surface area contributed by atoms with Crippen LogP contribution < -0.4 is 9.64 Å². The highest BCUT2D eigenvalue weighted by molar-refractivity contribution is 5.75. The summed E-state index contributed by atoms with van der Waals surface area (Å²) in [6, 6.07) is 8.70. The molecule has 5 heteroatoms. The van der Waals surface area contributed by atoms with Gasteiger partial charge in [-0.25, -0.2) is 0 Å². The van der Waals surface area contributed by atoms with Crippen LogP contribution in [0.25, 0.3) is 0 Å². The Kier molecular flexibility index (Phi) is 5.73. The molecule has 5 nitrogen and oxygen atoms in total. The van der Waals surface area contributed by atoms with Gasteiger partial charge in [0.1, 0.15) is 11.9 Å². The molecule has 0 N–H and O–H groups in total. The van der Waals surface area contributed by atoms with Gasteiger partial charge in [-0.2, -0.15) is 0 Å². The number of esters is 1. The van der Waals surface area contributed by atoms with Gasteiger partial charge >= 0.3 is 5.97 Å². The van der Waals surface area contributed by atoms with E-state index >= 15 is 0 Å². The summed E-state index contributed by atoms with van der Waals surface area (Å²) >= 11 is 0. The molecule has 1 aromatic rings. The van der Waals surface area contributed by atoms with Crippen molar-refractivity contribution in [2.45, 2.75) is 58.1 Å². The van der Waals surface area contributed by atoms with Gasteiger partial charge in [-0.05, 0) is 62.5 Å². The van der Waals surface area contributed by atoms with E-state index in [0.29, 0.717) is 17.9 Å². The number of piperazine rings is 1. The van der Waals surface area contributed by atoms with Crippen molar-refractivity contribution in [2.75, 3.05) is 38.2 Å². The Labute approximate surface area is 192 Å². The number of anilines is 1. The lowest BCUT2D eigenvalue weighted by Crippen LogP contribution is -2.54. The van der Waals surface area contributed by atoms with E-state index in [1.807, 2.05) is 6.07 Å². The molecule has 2 aliphatic heterocycles. The van der Waals surface area contributed by atoms with Crippen molar-refractivity contribution in [2.24, 2.45) is 23.2 Å². The van der Waals surface area contributed by atoms with Crippen LogP contribution in [-0.4, -0.2) is 56.3 Å². The fourth-order valence-electron chi connectivity index (χ4n) is 7.11. The van der Waals surface area contributed by atoms with Gasteiger partial charge in [0, 0.05) is 49.9 Å². The van der Waals surface area contributed by atoms with Crippen molar-refractivity contribution in [3.8, 4) is 5.75 Å². The summed E-state index contributed by atoms with van der Waals surface area (Å²) in [5.74, 6) is 1.84. The van der Waals surface area contributed by atoms with E-state index < -0.39 is 0 Å².